The second kappa shape index (κ2) is 8.38. The lowest BCUT2D eigenvalue weighted by Crippen LogP contribution is -2.28. The first-order valence-corrected chi connectivity index (χ1v) is 10.1. The van der Waals surface area contributed by atoms with Gasteiger partial charge in [-0.05, 0) is 36.4 Å². The van der Waals surface area contributed by atoms with Crippen LogP contribution in [0.15, 0.2) is 66.9 Å². The second-order valence-electron chi connectivity index (χ2n) is 7.05. The molecule has 9 nitrogen and oxygen atoms in total. The first kappa shape index (κ1) is 19.6. The van der Waals surface area contributed by atoms with Crippen LogP contribution in [0.2, 0.25) is 0 Å². The molecule has 0 unspecified atom stereocenters. The highest BCUT2D eigenvalue weighted by Gasteiger charge is 2.12. The standard InChI is InChI=1S/C23H20N6O3/c1-31-16-8-6-15(7-9-16)22-27-26-20-10-11-21(28-29(20)22)32-13-12-24-23(30)18-14-25-19-5-3-2-4-17(18)19/h2-11,14,25H,12-13H2,1H3,(H,24,30). The summed E-state index contributed by atoms with van der Waals surface area (Å²) in [6, 6.07) is 18.7. The van der Waals surface area contributed by atoms with Crippen LogP contribution >= 0.6 is 0 Å². The van der Waals surface area contributed by atoms with Gasteiger partial charge in [-0.25, -0.2) is 0 Å². The molecule has 0 atom stereocenters. The van der Waals surface area contributed by atoms with E-state index in [9.17, 15) is 4.79 Å². The predicted octanol–water partition coefficient (Wildman–Crippen LogP) is 3.09. The minimum absolute atomic E-state index is 0.157. The number of aromatic amines is 1. The van der Waals surface area contributed by atoms with Crippen LogP contribution in [0.3, 0.4) is 0 Å². The SMILES string of the molecule is COc1ccc(-c2nnc3ccc(OCCNC(=O)c4c[nH]c5ccccc45)nn23)cc1. The van der Waals surface area contributed by atoms with Crippen LogP contribution in [0.1, 0.15) is 10.4 Å². The molecule has 160 valence electrons. The molecule has 0 bridgehead atoms. The summed E-state index contributed by atoms with van der Waals surface area (Å²) >= 11 is 0. The van der Waals surface area contributed by atoms with Crippen molar-refractivity contribution in [2.45, 2.75) is 0 Å². The number of aromatic nitrogens is 5. The summed E-state index contributed by atoms with van der Waals surface area (Å²) in [6.07, 6.45) is 1.71. The van der Waals surface area contributed by atoms with Crippen molar-refractivity contribution in [2.24, 2.45) is 0 Å². The Morgan fingerprint density at radius 2 is 1.91 bits per heavy atom. The van der Waals surface area contributed by atoms with Crippen LogP contribution in [0.4, 0.5) is 0 Å². The molecule has 2 aromatic carbocycles. The average molecular weight is 428 g/mol. The molecule has 1 amide bonds. The molecule has 5 aromatic rings. The Morgan fingerprint density at radius 1 is 1.06 bits per heavy atom. The number of methoxy groups -OCH3 is 1. The molecule has 2 N–H and O–H groups in total. The van der Waals surface area contributed by atoms with E-state index < -0.39 is 0 Å². The number of rotatable bonds is 7. The first-order chi connectivity index (χ1) is 15.7. The van der Waals surface area contributed by atoms with Crippen molar-refractivity contribution in [3.8, 4) is 23.0 Å². The normalized spacial score (nSPS) is 11.0. The first-order valence-electron chi connectivity index (χ1n) is 10.1. The van der Waals surface area contributed by atoms with E-state index in [0.717, 1.165) is 22.2 Å². The third kappa shape index (κ3) is 3.71. The molecule has 32 heavy (non-hydrogen) atoms. The zero-order valence-electron chi connectivity index (χ0n) is 17.3. The van der Waals surface area contributed by atoms with E-state index in [-0.39, 0.29) is 12.5 Å². The molecule has 5 rings (SSSR count). The monoisotopic (exact) mass is 428 g/mol. The Bertz CT molecular complexity index is 1390. The number of nitrogens with zero attached hydrogens (tertiary/aromatic N) is 4. The van der Waals surface area contributed by atoms with Crippen LogP contribution in [-0.2, 0) is 0 Å². The number of fused-ring (bicyclic) bond motifs is 2. The maximum Gasteiger partial charge on any atom is 0.253 e. The summed E-state index contributed by atoms with van der Waals surface area (Å²) < 4.78 is 12.6. The third-order valence-corrected chi connectivity index (χ3v) is 5.06. The Labute approximate surface area is 183 Å². The number of nitrogens with one attached hydrogen (secondary N) is 2. The number of ether oxygens (including phenoxy) is 2. The minimum atomic E-state index is -0.157. The van der Waals surface area contributed by atoms with E-state index in [4.69, 9.17) is 9.47 Å². The van der Waals surface area contributed by atoms with Crippen molar-refractivity contribution in [3.05, 3.63) is 72.4 Å². The Balaban J connectivity index is 1.24. The van der Waals surface area contributed by atoms with Crippen LogP contribution in [0.25, 0.3) is 27.9 Å². The molecule has 0 aliphatic rings. The van der Waals surface area contributed by atoms with E-state index in [0.29, 0.717) is 29.5 Å². The van der Waals surface area contributed by atoms with Crippen molar-refractivity contribution in [1.29, 1.82) is 0 Å². The molecule has 0 saturated carbocycles. The molecule has 3 heterocycles. The third-order valence-electron chi connectivity index (χ3n) is 5.06. The molecule has 0 aliphatic carbocycles. The fraction of sp³-hybridized carbons (Fsp3) is 0.130. The largest absolute Gasteiger partial charge is 0.497 e. The van der Waals surface area contributed by atoms with Gasteiger partial charge in [0.05, 0.1) is 19.2 Å². The molecule has 0 fully saturated rings. The number of H-pyrrole nitrogens is 1. The molecule has 3 aromatic heterocycles. The number of amides is 1. The molecule has 0 saturated heterocycles. The van der Waals surface area contributed by atoms with Gasteiger partial charge < -0.3 is 19.8 Å². The van der Waals surface area contributed by atoms with E-state index in [1.165, 1.54) is 0 Å². The van der Waals surface area contributed by atoms with E-state index in [1.807, 2.05) is 48.5 Å². The summed E-state index contributed by atoms with van der Waals surface area (Å²) in [6.45, 7) is 0.609. The number of benzene rings is 2. The van der Waals surface area contributed by atoms with Gasteiger partial charge >= 0.3 is 0 Å². The van der Waals surface area contributed by atoms with Crippen molar-refractivity contribution >= 4 is 22.5 Å². The van der Waals surface area contributed by atoms with Crippen LogP contribution in [-0.4, -0.2) is 51.0 Å². The quantitative estimate of drug-likeness (QED) is 0.386. The van der Waals surface area contributed by atoms with E-state index >= 15 is 0 Å². The molecule has 9 heteroatoms. The predicted molar refractivity (Wildman–Crippen MR) is 119 cm³/mol. The highest BCUT2D eigenvalue weighted by Crippen LogP contribution is 2.22. The average Bonchev–Trinajstić information content (AvgIpc) is 3.46. The summed E-state index contributed by atoms with van der Waals surface area (Å²) in [5, 5.41) is 16.6. The summed E-state index contributed by atoms with van der Waals surface area (Å²) in [4.78, 5) is 15.6. The van der Waals surface area contributed by atoms with Crippen LogP contribution < -0.4 is 14.8 Å². The second-order valence-corrected chi connectivity index (χ2v) is 7.05. The topological polar surface area (TPSA) is 106 Å². The highest BCUT2D eigenvalue weighted by atomic mass is 16.5. The van der Waals surface area contributed by atoms with Gasteiger partial charge in [0.2, 0.25) is 5.88 Å². The van der Waals surface area contributed by atoms with Gasteiger partial charge in [-0.1, -0.05) is 18.2 Å². The van der Waals surface area contributed by atoms with Gasteiger partial charge in [0.25, 0.3) is 5.91 Å². The van der Waals surface area contributed by atoms with Crippen molar-refractivity contribution in [1.82, 2.24) is 30.1 Å². The summed E-state index contributed by atoms with van der Waals surface area (Å²) in [5.41, 5.74) is 2.99. The number of carbonyl (C=O) groups excluding carboxylic acids is 1. The molecular weight excluding hydrogens is 408 g/mol. The van der Waals surface area contributed by atoms with Crippen molar-refractivity contribution in [3.63, 3.8) is 0 Å². The van der Waals surface area contributed by atoms with Gasteiger partial charge in [0.15, 0.2) is 11.5 Å². The minimum Gasteiger partial charge on any atom is -0.497 e. The number of hydrogen-bond donors (Lipinski definition) is 2. The molecule has 0 radical (unpaired) electrons. The van der Waals surface area contributed by atoms with Crippen molar-refractivity contribution in [2.75, 3.05) is 20.3 Å². The molecule has 0 spiro atoms. The molecule has 0 aliphatic heterocycles. The smallest absolute Gasteiger partial charge is 0.253 e. The van der Waals surface area contributed by atoms with Gasteiger partial charge in [0, 0.05) is 28.7 Å². The zero-order valence-corrected chi connectivity index (χ0v) is 17.3. The summed E-state index contributed by atoms with van der Waals surface area (Å²) in [5.74, 6) is 1.61. The van der Waals surface area contributed by atoms with Crippen molar-refractivity contribution < 1.29 is 14.3 Å². The highest BCUT2D eigenvalue weighted by molar-refractivity contribution is 6.06. The zero-order chi connectivity index (χ0) is 21.9. The van der Waals surface area contributed by atoms with Crippen LogP contribution in [0.5, 0.6) is 11.6 Å². The Kier molecular flexibility index (Phi) is 5.12. The van der Waals surface area contributed by atoms with Gasteiger partial charge in [-0.15, -0.1) is 15.3 Å². The van der Waals surface area contributed by atoms with Gasteiger partial charge in [0.1, 0.15) is 12.4 Å². The number of hydrogen-bond acceptors (Lipinski definition) is 6. The van der Waals surface area contributed by atoms with E-state index in [1.54, 1.807) is 30.0 Å². The lowest BCUT2D eigenvalue weighted by Gasteiger charge is -2.07. The summed E-state index contributed by atoms with van der Waals surface area (Å²) in [7, 11) is 1.62. The maximum absolute atomic E-state index is 12.5. The van der Waals surface area contributed by atoms with Crippen LogP contribution in [0, 0.1) is 0 Å². The number of para-hydroxylation sites is 1. The molecular formula is C23H20N6O3. The fourth-order valence-corrected chi connectivity index (χ4v) is 3.44. The Morgan fingerprint density at radius 3 is 2.75 bits per heavy atom. The lowest BCUT2D eigenvalue weighted by atomic mass is 10.1. The number of carbonyl (C=O) groups is 1. The van der Waals surface area contributed by atoms with Gasteiger partial charge in [-0.2, -0.15) is 4.52 Å². The maximum atomic E-state index is 12.5. The Hall–Kier alpha value is -4.40. The fourth-order valence-electron chi connectivity index (χ4n) is 3.44. The lowest BCUT2D eigenvalue weighted by molar-refractivity contribution is 0.0948. The van der Waals surface area contributed by atoms with E-state index in [2.05, 4.69) is 25.6 Å². The van der Waals surface area contributed by atoms with Gasteiger partial charge in [-0.3, -0.25) is 4.79 Å².